The van der Waals surface area contributed by atoms with Gasteiger partial charge in [-0.3, -0.25) is 10.1 Å². The SMILES string of the molecule is O=[N+]([O-])COc1cccc(-c2nc3cc(-c4ccc(F)cc4F)ccc3o2)c1. The van der Waals surface area contributed by atoms with Crippen LogP contribution in [0.15, 0.2) is 65.1 Å². The van der Waals surface area contributed by atoms with Gasteiger partial charge in [-0.25, -0.2) is 13.8 Å². The zero-order valence-electron chi connectivity index (χ0n) is 14.3. The molecule has 0 radical (unpaired) electrons. The first kappa shape index (κ1) is 17.6. The van der Waals surface area contributed by atoms with Gasteiger partial charge in [0, 0.05) is 17.2 Å². The van der Waals surface area contributed by atoms with E-state index in [-0.39, 0.29) is 5.56 Å². The summed E-state index contributed by atoms with van der Waals surface area (Å²) < 4.78 is 37.9. The second-order valence-corrected chi connectivity index (χ2v) is 5.96. The van der Waals surface area contributed by atoms with E-state index in [0.29, 0.717) is 33.9 Å². The fourth-order valence-electron chi connectivity index (χ4n) is 2.79. The number of oxazole rings is 1. The van der Waals surface area contributed by atoms with Gasteiger partial charge in [0.05, 0.1) is 4.92 Å². The number of hydrogen-bond donors (Lipinski definition) is 0. The minimum Gasteiger partial charge on any atom is -0.436 e. The minimum absolute atomic E-state index is 0.253. The molecule has 3 aromatic carbocycles. The fourth-order valence-corrected chi connectivity index (χ4v) is 2.79. The third-order valence-electron chi connectivity index (χ3n) is 4.05. The quantitative estimate of drug-likeness (QED) is 0.274. The molecule has 0 amide bonds. The second-order valence-electron chi connectivity index (χ2n) is 5.96. The summed E-state index contributed by atoms with van der Waals surface area (Å²) in [7, 11) is 0. The summed E-state index contributed by atoms with van der Waals surface area (Å²) in [5, 5.41) is 10.4. The molecule has 0 saturated heterocycles. The Morgan fingerprint density at radius 3 is 2.68 bits per heavy atom. The number of benzene rings is 3. The predicted molar refractivity (Wildman–Crippen MR) is 97.3 cm³/mol. The van der Waals surface area contributed by atoms with Gasteiger partial charge >= 0.3 is 6.73 Å². The molecule has 4 aromatic rings. The number of ether oxygens (including phenoxy) is 1. The molecule has 0 aliphatic rings. The average Bonchev–Trinajstić information content (AvgIpc) is 3.10. The number of rotatable bonds is 5. The molecule has 0 fully saturated rings. The summed E-state index contributed by atoms with van der Waals surface area (Å²) in [6.45, 7) is -0.649. The van der Waals surface area contributed by atoms with E-state index in [9.17, 15) is 18.9 Å². The van der Waals surface area contributed by atoms with Crippen LogP contribution >= 0.6 is 0 Å². The molecule has 0 aliphatic carbocycles. The van der Waals surface area contributed by atoms with E-state index in [2.05, 4.69) is 4.98 Å². The van der Waals surface area contributed by atoms with Gasteiger partial charge in [0.2, 0.25) is 5.89 Å². The van der Waals surface area contributed by atoms with Crippen molar-refractivity contribution in [1.29, 1.82) is 0 Å². The van der Waals surface area contributed by atoms with Crippen molar-refractivity contribution in [2.24, 2.45) is 0 Å². The number of hydrogen-bond acceptors (Lipinski definition) is 5. The van der Waals surface area contributed by atoms with Crippen LogP contribution in [0.5, 0.6) is 5.75 Å². The zero-order valence-corrected chi connectivity index (χ0v) is 14.3. The molecule has 1 heterocycles. The van der Waals surface area contributed by atoms with Crippen LogP contribution in [0.1, 0.15) is 0 Å². The molecule has 0 aliphatic heterocycles. The van der Waals surface area contributed by atoms with Crippen LogP contribution < -0.4 is 4.74 Å². The molecule has 1 aromatic heterocycles. The second kappa shape index (κ2) is 7.07. The highest BCUT2D eigenvalue weighted by Gasteiger charge is 2.13. The van der Waals surface area contributed by atoms with Crippen LogP contribution in [0, 0.1) is 21.7 Å². The first-order chi connectivity index (χ1) is 13.5. The summed E-state index contributed by atoms with van der Waals surface area (Å²) in [5.41, 5.74) is 2.34. The Kier molecular flexibility index (Phi) is 4.44. The Balaban J connectivity index is 1.69. The summed E-state index contributed by atoms with van der Waals surface area (Å²) in [4.78, 5) is 14.3. The molecule has 0 saturated carbocycles. The Hall–Kier alpha value is -3.81. The maximum absolute atomic E-state index is 14.0. The van der Waals surface area contributed by atoms with E-state index in [1.165, 1.54) is 12.1 Å². The number of nitrogens with zero attached hydrogens (tertiary/aromatic N) is 2. The van der Waals surface area contributed by atoms with E-state index >= 15 is 0 Å². The van der Waals surface area contributed by atoms with Gasteiger partial charge < -0.3 is 9.15 Å². The minimum atomic E-state index is -0.668. The lowest BCUT2D eigenvalue weighted by molar-refractivity contribution is -0.514. The highest BCUT2D eigenvalue weighted by molar-refractivity contribution is 5.82. The van der Waals surface area contributed by atoms with Crippen molar-refractivity contribution < 1.29 is 22.9 Å². The molecule has 0 atom stereocenters. The van der Waals surface area contributed by atoms with E-state index in [0.717, 1.165) is 6.07 Å². The smallest absolute Gasteiger partial charge is 0.344 e. The fraction of sp³-hybridized carbons (Fsp3) is 0.0500. The van der Waals surface area contributed by atoms with Crippen molar-refractivity contribution in [2.75, 3.05) is 6.73 Å². The van der Waals surface area contributed by atoms with Crippen LogP contribution in [0.4, 0.5) is 8.78 Å². The predicted octanol–water partition coefficient (Wildman–Crippen LogP) is 5.05. The summed E-state index contributed by atoms with van der Waals surface area (Å²) >= 11 is 0. The molecule has 0 N–H and O–H groups in total. The number of fused-ring (bicyclic) bond motifs is 1. The highest BCUT2D eigenvalue weighted by atomic mass is 19.1. The number of nitro groups is 1. The number of aromatic nitrogens is 1. The van der Waals surface area contributed by atoms with Gasteiger partial charge in [-0.05, 0) is 48.0 Å². The number of halogens is 2. The molecule has 0 spiro atoms. The topological polar surface area (TPSA) is 78.4 Å². The molecule has 6 nitrogen and oxygen atoms in total. The van der Waals surface area contributed by atoms with E-state index < -0.39 is 23.3 Å². The Morgan fingerprint density at radius 2 is 1.89 bits per heavy atom. The van der Waals surface area contributed by atoms with Crippen LogP contribution in [0.25, 0.3) is 33.7 Å². The van der Waals surface area contributed by atoms with Gasteiger partial charge in [-0.1, -0.05) is 12.1 Å². The van der Waals surface area contributed by atoms with Crippen LogP contribution in [0.2, 0.25) is 0 Å². The standard InChI is InChI=1S/C20H12F2N2O4/c21-14-5-6-16(17(22)10-14)12-4-7-19-18(9-12)23-20(28-19)13-2-1-3-15(8-13)27-11-24(25)26/h1-10H,11H2. The maximum atomic E-state index is 14.0. The molecule has 28 heavy (non-hydrogen) atoms. The summed E-state index contributed by atoms with van der Waals surface area (Å²) in [6, 6.07) is 14.9. The third kappa shape index (κ3) is 3.52. The lowest BCUT2D eigenvalue weighted by atomic mass is 10.0. The van der Waals surface area contributed by atoms with Gasteiger partial charge in [-0.2, -0.15) is 0 Å². The van der Waals surface area contributed by atoms with Crippen molar-refractivity contribution in [3.05, 3.63) is 82.4 Å². The maximum Gasteiger partial charge on any atom is 0.344 e. The monoisotopic (exact) mass is 382 g/mol. The van der Waals surface area contributed by atoms with Crippen molar-refractivity contribution in [2.45, 2.75) is 0 Å². The zero-order chi connectivity index (χ0) is 19.7. The summed E-state index contributed by atoms with van der Waals surface area (Å²) in [5.74, 6) is -0.715. The Bertz CT molecular complexity index is 1190. The van der Waals surface area contributed by atoms with Gasteiger partial charge in [0.25, 0.3) is 0 Å². The summed E-state index contributed by atoms with van der Waals surface area (Å²) in [6.07, 6.45) is 0. The lowest BCUT2D eigenvalue weighted by Gasteiger charge is -2.03. The first-order valence-electron chi connectivity index (χ1n) is 8.21. The molecular weight excluding hydrogens is 370 g/mol. The van der Waals surface area contributed by atoms with E-state index in [1.807, 2.05) is 0 Å². The van der Waals surface area contributed by atoms with Crippen molar-refractivity contribution in [3.63, 3.8) is 0 Å². The largest absolute Gasteiger partial charge is 0.436 e. The van der Waals surface area contributed by atoms with Crippen molar-refractivity contribution in [3.8, 4) is 28.3 Å². The Morgan fingerprint density at radius 1 is 1.04 bits per heavy atom. The molecule has 8 heteroatoms. The van der Waals surface area contributed by atoms with E-state index in [4.69, 9.17) is 9.15 Å². The third-order valence-corrected chi connectivity index (χ3v) is 4.05. The molecule has 4 rings (SSSR count). The molecule has 140 valence electrons. The Labute approximate surface area is 157 Å². The van der Waals surface area contributed by atoms with Crippen molar-refractivity contribution >= 4 is 11.1 Å². The molecule has 0 bridgehead atoms. The molecular formula is C20H12F2N2O4. The van der Waals surface area contributed by atoms with Crippen LogP contribution in [0.3, 0.4) is 0 Å². The van der Waals surface area contributed by atoms with Crippen LogP contribution in [-0.2, 0) is 0 Å². The van der Waals surface area contributed by atoms with Gasteiger partial charge in [0.1, 0.15) is 22.9 Å². The molecule has 0 unspecified atom stereocenters. The highest BCUT2D eigenvalue weighted by Crippen LogP contribution is 2.31. The normalized spacial score (nSPS) is 10.9. The van der Waals surface area contributed by atoms with E-state index in [1.54, 1.807) is 42.5 Å². The first-order valence-corrected chi connectivity index (χ1v) is 8.21. The lowest BCUT2D eigenvalue weighted by Crippen LogP contribution is -2.07. The average molecular weight is 382 g/mol. The van der Waals surface area contributed by atoms with Crippen molar-refractivity contribution in [1.82, 2.24) is 4.98 Å². The van der Waals surface area contributed by atoms with Gasteiger partial charge in [-0.15, -0.1) is 0 Å². The van der Waals surface area contributed by atoms with Gasteiger partial charge in [0.15, 0.2) is 5.58 Å². The van der Waals surface area contributed by atoms with Crippen LogP contribution in [-0.4, -0.2) is 16.6 Å².